The minimum atomic E-state index is -2.74. The molecule has 0 radical (unpaired) electrons. The summed E-state index contributed by atoms with van der Waals surface area (Å²) in [5.74, 6) is 0.572. The van der Waals surface area contributed by atoms with Gasteiger partial charge in [-0.1, -0.05) is 95.3 Å². The van der Waals surface area contributed by atoms with Crippen LogP contribution in [0.3, 0.4) is 0 Å². The van der Waals surface area contributed by atoms with E-state index in [2.05, 4.69) is 95.3 Å². The Morgan fingerprint density at radius 1 is 0.750 bits per heavy atom. The SMILES string of the molecule is CCSC(SCC)[C@H]1OC(C)(C)O[C@H]1[C@@H]1OC(C)(C)O[C@@H]1CO[Si](c1ccccc1)(c1ccccc1)C(C)(C)C. The van der Waals surface area contributed by atoms with E-state index in [1.165, 1.54) is 10.4 Å². The van der Waals surface area contributed by atoms with Crippen molar-refractivity contribution >= 4 is 42.2 Å². The summed E-state index contributed by atoms with van der Waals surface area (Å²) in [4.78, 5) is 0. The van der Waals surface area contributed by atoms with Crippen LogP contribution in [0.25, 0.3) is 0 Å². The Morgan fingerprint density at radius 3 is 1.70 bits per heavy atom. The van der Waals surface area contributed by atoms with Gasteiger partial charge in [0.15, 0.2) is 11.6 Å². The third kappa shape index (κ3) is 6.86. The third-order valence-electron chi connectivity index (χ3n) is 7.52. The highest BCUT2D eigenvalue weighted by Gasteiger charge is 2.57. The van der Waals surface area contributed by atoms with Crippen LogP contribution >= 0.6 is 23.5 Å². The van der Waals surface area contributed by atoms with Crippen molar-refractivity contribution in [3.8, 4) is 0 Å². The first kappa shape index (κ1) is 32.1. The maximum atomic E-state index is 7.30. The molecule has 2 aliphatic heterocycles. The molecule has 2 aromatic carbocycles. The van der Waals surface area contributed by atoms with Gasteiger partial charge < -0.3 is 23.4 Å². The fourth-order valence-electron chi connectivity index (χ4n) is 6.09. The van der Waals surface area contributed by atoms with Crippen LogP contribution in [0, 0.1) is 0 Å². The lowest BCUT2D eigenvalue weighted by atomic mass is 10.0. The molecule has 2 aliphatic rings. The lowest BCUT2D eigenvalue weighted by Gasteiger charge is -2.43. The molecule has 4 atom stereocenters. The Hall–Kier alpha value is -0.843. The molecule has 0 aliphatic carbocycles. The molecular formula is C32H48O5S2Si. The van der Waals surface area contributed by atoms with Crippen molar-refractivity contribution in [2.75, 3.05) is 18.1 Å². The van der Waals surface area contributed by atoms with E-state index in [9.17, 15) is 0 Å². The number of rotatable bonds is 11. The minimum absolute atomic E-state index is 0.122. The second kappa shape index (κ2) is 12.8. The quantitative estimate of drug-likeness (QED) is 0.216. The van der Waals surface area contributed by atoms with Gasteiger partial charge in [-0.2, -0.15) is 0 Å². The highest BCUT2D eigenvalue weighted by atomic mass is 32.2. The van der Waals surface area contributed by atoms with E-state index in [4.69, 9.17) is 23.4 Å². The van der Waals surface area contributed by atoms with Crippen LogP contribution in [-0.4, -0.2) is 67.0 Å². The summed E-state index contributed by atoms with van der Waals surface area (Å²) in [7, 11) is -2.74. The first-order chi connectivity index (χ1) is 18.8. The van der Waals surface area contributed by atoms with Crippen LogP contribution in [0.15, 0.2) is 60.7 Å². The van der Waals surface area contributed by atoms with Crippen molar-refractivity contribution in [2.24, 2.45) is 0 Å². The molecule has 0 bridgehead atoms. The molecule has 0 aromatic heterocycles. The molecule has 2 aromatic rings. The largest absolute Gasteiger partial charge is 0.405 e. The van der Waals surface area contributed by atoms with E-state index in [0.29, 0.717) is 6.61 Å². The van der Waals surface area contributed by atoms with Crippen LogP contribution in [0.1, 0.15) is 62.3 Å². The second-order valence-corrected chi connectivity index (χ2v) is 19.9. The van der Waals surface area contributed by atoms with E-state index < -0.39 is 19.9 Å². The number of benzene rings is 2. The topological polar surface area (TPSA) is 46.2 Å². The van der Waals surface area contributed by atoms with Crippen molar-refractivity contribution in [1.82, 2.24) is 0 Å². The van der Waals surface area contributed by atoms with Gasteiger partial charge in [-0.15, -0.1) is 23.5 Å². The first-order valence-electron chi connectivity index (χ1n) is 14.5. The molecule has 0 N–H and O–H groups in total. The van der Waals surface area contributed by atoms with E-state index >= 15 is 0 Å². The van der Waals surface area contributed by atoms with Gasteiger partial charge in [0.2, 0.25) is 0 Å². The summed E-state index contributed by atoms with van der Waals surface area (Å²) in [6.07, 6.45) is -1.02. The van der Waals surface area contributed by atoms with Gasteiger partial charge >= 0.3 is 0 Å². The predicted molar refractivity (Wildman–Crippen MR) is 171 cm³/mol. The molecule has 0 saturated carbocycles. The average molecular weight is 605 g/mol. The molecular weight excluding hydrogens is 557 g/mol. The van der Waals surface area contributed by atoms with Gasteiger partial charge in [0, 0.05) is 0 Å². The molecule has 0 amide bonds. The van der Waals surface area contributed by atoms with Crippen LogP contribution in [0.5, 0.6) is 0 Å². The molecule has 0 spiro atoms. The fourth-order valence-corrected chi connectivity index (χ4v) is 13.3. The van der Waals surface area contributed by atoms with Crippen molar-refractivity contribution in [3.63, 3.8) is 0 Å². The van der Waals surface area contributed by atoms with Gasteiger partial charge in [0.1, 0.15) is 24.4 Å². The van der Waals surface area contributed by atoms with Crippen LogP contribution in [0.2, 0.25) is 5.04 Å². The maximum absolute atomic E-state index is 7.30. The molecule has 2 saturated heterocycles. The van der Waals surface area contributed by atoms with E-state index in [1.807, 2.05) is 51.2 Å². The smallest absolute Gasteiger partial charge is 0.261 e. The lowest BCUT2D eigenvalue weighted by Crippen LogP contribution is -2.67. The molecule has 4 rings (SSSR count). The molecule has 222 valence electrons. The summed E-state index contributed by atoms with van der Waals surface area (Å²) in [6.45, 7) is 19.7. The zero-order valence-electron chi connectivity index (χ0n) is 25.6. The average Bonchev–Trinajstić information content (AvgIpc) is 3.39. The van der Waals surface area contributed by atoms with Crippen LogP contribution in [0.4, 0.5) is 0 Å². The summed E-state index contributed by atoms with van der Waals surface area (Å²) >= 11 is 3.83. The number of hydrogen-bond donors (Lipinski definition) is 0. The zero-order valence-corrected chi connectivity index (χ0v) is 28.3. The summed E-state index contributed by atoms with van der Waals surface area (Å²) in [5.41, 5.74) is 0. The van der Waals surface area contributed by atoms with E-state index in [1.54, 1.807) is 0 Å². The second-order valence-electron chi connectivity index (χ2n) is 12.5. The maximum Gasteiger partial charge on any atom is 0.261 e. The molecule has 2 heterocycles. The minimum Gasteiger partial charge on any atom is -0.405 e. The molecule has 40 heavy (non-hydrogen) atoms. The van der Waals surface area contributed by atoms with Crippen molar-refractivity contribution in [2.45, 2.75) is 108 Å². The fraction of sp³-hybridized carbons (Fsp3) is 0.625. The van der Waals surface area contributed by atoms with Crippen LogP contribution < -0.4 is 10.4 Å². The molecule has 2 fully saturated rings. The Balaban J connectivity index is 1.70. The van der Waals surface area contributed by atoms with Gasteiger partial charge in [0.05, 0.1) is 11.2 Å². The number of hydrogen-bond acceptors (Lipinski definition) is 7. The van der Waals surface area contributed by atoms with Gasteiger partial charge in [-0.05, 0) is 54.6 Å². The highest BCUT2D eigenvalue weighted by Crippen LogP contribution is 2.45. The van der Waals surface area contributed by atoms with Gasteiger partial charge in [-0.25, -0.2) is 0 Å². The molecule has 8 heteroatoms. The monoisotopic (exact) mass is 604 g/mol. The van der Waals surface area contributed by atoms with Crippen LogP contribution in [-0.2, 0) is 23.4 Å². The lowest BCUT2D eigenvalue weighted by molar-refractivity contribution is -0.175. The summed E-state index contributed by atoms with van der Waals surface area (Å²) in [5, 5.41) is 2.38. The normalized spacial score (nSPS) is 26.4. The predicted octanol–water partition coefficient (Wildman–Crippen LogP) is 6.44. The van der Waals surface area contributed by atoms with Crippen molar-refractivity contribution in [1.29, 1.82) is 0 Å². The van der Waals surface area contributed by atoms with Gasteiger partial charge in [0.25, 0.3) is 8.32 Å². The Labute approximate surface area is 251 Å². The third-order valence-corrected chi connectivity index (χ3v) is 15.2. The van der Waals surface area contributed by atoms with E-state index in [0.717, 1.165) is 11.5 Å². The first-order valence-corrected chi connectivity index (χ1v) is 18.5. The molecule has 0 unspecified atom stereocenters. The Morgan fingerprint density at radius 2 is 1.23 bits per heavy atom. The standard InChI is InChI=1S/C32H48O5S2Si/c1-10-38-29(39-11-2)28-27(36-32(8,9)37-28)26-25(34-31(6,7)35-26)22-33-40(30(3,4)5,23-18-14-12-15-19-23)24-20-16-13-17-21-24/h12-21,25-29H,10-11,22H2,1-9H3/t25-,26-,27+,28+/m1/s1. The summed E-state index contributed by atoms with van der Waals surface area (Å²) < 4.78 is 33.9. The number of thioether (sulfide) groups is 2. The van der Waals surface area contributed by atoms with E-state index in [-0.39, 0.29) is 34.0 Å². The Kier molecular flexibility index (Phi) is 10.3. The number of ether oxygens (including phenoxy) is 4. The van der Waals surface area contributed by atoms with Crippen molar-refractivity contribution in [3.05, 3.63) is 60.7 Å². The highest BCUT2D eigenvalue weighted by molar-refractivity contribution is 8.17. The summed E-state index contributed by atoms with van der Waals surface area (Å²) in [6, 6.07) is 21.5. The Bertz CT molecular complexity index is 1030. The molecule has 5 nitrogen and oxygen atoms in total. The van der Waals surface area contributed by atoms with Gasteiger partial charge in [-0.3, -0.25) is 0 Å². The zero-order chi connectivity index (χ0) is 29.2. The van der Waals surface area contributed by atoms with Crippen molar-refractivity contribution < 1.29 is 23.4 Å².